The number of esters is 1. The summed E-state index contributed by atoms with van der Waals surface area (Å²) in [4.78, 5) is 12.1. The average molecular weight is 932 g/mol. The van der Waals surface area contributed by atoms with Crippen LogP contribution >= 0.6 is 22.6 Å². The molecule has 0 fully saturated rings. The van der Waals surface area contributed by atoms with Crippen molar-refractivity contribution >= 4 is 34.2 Å². The lowest BCUT2D eigenvalue weighted by Crippen LogP contribution is -2.16. The number of unbranched alkanes of at least 4 members (excludes halogenated alkanes) is 4. The Morgan fingerprint density at radius 2 is 0.737 bits per heavy atom. The van der Waals surface area contributed by atoms with Crippen LogP contribution in [0.25, 0.3) is 0 Å². The molecule has 0 atom stereocenters. The fourth-order valence-corrected chi connectivity index (χ4v) is 5.12. The zero-order chi connectivity index (χ0) is 40.8. The van der Waals surface area contributed by atoms with Gasteiger partial charge < -0.3 is 66.9 Å². The van der Waals surface area contributed by atoms with E-state index in [1.54, 1.807) is 12.1 Å². The van der Waals surface area contributed by atoms with Gasteiger partial charge in [0.15, 0.2) is 0 Å². The molecule has 0 unspecified atom stereocenters. The Hall–Kier alpha value is -1.26. The highest BCUT2D eigenvalue weighted by Gasteiger charge is 2.07. The minimum absolute atomic E-state index is 0.189. The lowest BCUT2D eigenvalue weighted by atomic mass is 10.2. The number of halogens is 1. The summed E-state index contributed by atoms with van der Waals surface area (Å²) in [5, 5.41) is 3.32. The quantitative estimate of drug-likeness (QED) is 0.0393. The average Bonchev–Trinajstić information content (AvgIpc) is 3.23. The van der Waals surface area contributed by atoms with E-state index in [-0.39, 0.29) is 12.6 Å². The molecular weight excluding hydrogens is 857 g/mol. The van der Waals surface area contributed by atoms with E-state index in [9.17, 15) is 4.79 Å². The maximum absolute atomic E-state index is 12.1. The molecule has 0 saturated carbocycles. The van der Waals surface area contributed by atoms with Crippen LogP contribution in [0.2, 0.25) is 0 Å². The summed E-state index contributed by atoms with van der Waals surface area (Å²) in [6, 6.07) is 7.29. The summed E-state index contributed by atoms with van der Waals surface area (Å²) in [5.41, 5.74) is 1.51. The monoisotopic (exact) mass is 931 g/mol. The number of carbonyl (C=O) groups excluding carboxylic acids is 1. The number of ether oxygens (including phenoxy) is 13. The number of nitrogens with one attached hydrogen (secondary N) is 1. The highest BCUT2D eigenvalue weighted by molar-refractivity contribution is 14.1. The van der Waals surface area contributed by atoms with Crippen LogP contribution in [0.5, 0.6) is 0 Å². The van der Waals surface area contributed by atoms with Gasteiger partial charge in [0.25, 0.3) is 0 Å². The number of rotatable bonds is 47. The summed E-state index contributed by atoms with van der Waals surface area (Å²) < 4.78 is 72.5. The van der Waals surface area contributed by atoms with Gasteiger partial charge in [-0.3, -0.25) is 0 Å². The highest BCUT2D eigenvalue weighted by Crippen LogP contribution is 2.11. The molecule has 0 saturated heterocycles. The molecule has 0 aliphatic carbocycles. The first kappa shape index (κ1) is 53.8. The molecule has 0 heterocycles. The van der Waals surface area contributed by atoms with Gasteiger partial charge in [0.1, 0.15) is 6.61 Å². The molecule has 1 N–H and O–H groups in total. The van der Waals surface area contributed by atoms with Crippen LogP contribution in [-0.2, 0) is 61.6 Å². The van der Waals surface area contributed by atoms with Crippen LogP contribution in [0.4, 0.5) is 5.69 Å². The Labute approximate surface area is 356 Å². The zero-order valence-electron chi connectivity index (χ0n) is 34.7. The fourth-order valence-electron chi connectivity index (χ4n) is 4.58. The number of anilines is 1. The van der Waals surface area contributed by atoms with Gasteiger partial charge in [0.2, 0.25) is 0 Å². The molecule has 0 spiro atoms. The van der Waals surface area contributed by atoms with E-state index in [1.807, 2.05) is 12.1 Å². The molecular formula is C41H74INO14. The van der Waals surface area contributed by atoms with Crippen molar-refractivity contribution in [2.45, 2.75) is 45.4 Å². The van der Waals surface area contributed by atoms with Crippen LogP contribution < -0.4 is 5.32 Å². The van der Waals surface area contributed by atoms with E-state index in [1.165, 1.54) is 23.7 Å². The standard InChI is InChI=1S/C41H74INO14/c1-2-3-13-43-40-10-8-39(9-11-40)41(44)57-38-37-56-36-35-55-34-33-54-32-31-53-30-29-52-28-27-51-26-25-50-24-23-49-22-21-48-20-19-47-18-17-46-16-15-45-14-7-5-4-6-12-42/h8-11,43H,2-7,12-38H2,1H3. The Bertz CT molecular complexity index is 953. The van der Waals surface area contributed by atoms with Crippen molar-refractivity contribution in [3.63, 3.8) is 0 Å². The van der Waals surface area contributed by atoms with Crippen molar-refractivity contribution in [3.05, 3.63) is 29.8 Å². The van der Waals surface area contributed by atoms with Crippen molar-refractivity contribution in [1.29, 1.82) is 0 Å². The van der Waals surface area contributed by atoms with Gasteiger partial charge in [0.05, 0.1) is 158 Å². The van der Waals surface area contributed by atoms with Crippen LogP contribution in [0.15, 0.2) is 24.3 Å². The zero-order valence-corrected chi connectivity index (χ0v) is 36.9. The SMILES string of the molecule is CCCCNc1ccc(C(=O)OCCOCCOCCOCCOCCOCCOCCOCCOCCOCCOCCOCCOCCCCCCI)cc1. The van der Waals surface area contributed by atoms with Crippen molar-refractivity contribution in [2.24, 2.45) is 0 Å². The van der Waals surface area contributed by atoms with E-state index >= 15 is 0 Å². The molecule has 0 amide bonds. The summed E-state index contributed by atoms with van der Waals surface area (Å²) in [5.74, 6) is -0.361. The van der Waals surface area contributed by atoms with Crippen LogP contribution in [0.3, 0.4) is 0 Å². The van der Waals surface area contributed by atoms with Gasteiger partial charge in [-0.1, -0.05) is 48.8 Å². The van der Waals surface area contributed by atoms with Gasteiger partial charge in [-0.05, 0) is 48.0 Å². The predicted octanol–water partition coefficient (Wildman–Crippen LogP) is 5.25. The summed E-state index contributed by atoms with van der Waals surface area (Å²) in [6.45, 7) is 15.6. The minimum Gasteiger partial charge on any atom is -0.460 e. The van der Waals surface area contributed by atoms with E-state index in [0.29, 0.717) is 158 Å². The molecule has 0 aliphatic heterocycles. The molecule has 0 aliphatic rings. The first-order chi connectivity index (χ1) is 28.3. The maximum atomic E-state index is 12.1. The van der Waals surface area contributed by atoms with Gasteiger partial charge >= 0.3 is 5.97 Å². The van der Waals surface area contributed by atoms with Gasteiger partial charge in [-0.25, -0.2) is 4.79 Å². The normalized spacial score (nSPS) is 11.4. The van der Waals surface area contributed by atoms with E-state index in [0.717, 1.165) is 38.1 Å². The molecule has 1 rings (SSSR count). The van der Waals surface area contributed by atoms with Gasteiger partial charge in [0, 0.05) is 18.8 Å². The topological polar surface area (TPSA) is 149 Å². The van der Waals surface area contributed by atoms with E-state index < -0.39 is 0 Å². The second-order valence-electron chi connectivity index (χ2n) is 12.4. The van der Waals surface area contributed by atoms with Crippen molar-refractivity contribution in [3.8, 4) is 0 Å². The summed E-state index contributed by atoms with van der Waals surface area (Å²) >= 11 is 2.42. The number of hydrogen-bond donors (Lipinski definition) is 1. The van der Waals surface area contributed by atoms with Gasteiger partial charge in [-0.2, -0.15) is 0 Å². The van der Waals surface area contributed by atoms with Crippen molar-refractivity contribution in [2.75, 3.05) is 181 Å². The summed E-state index contributed by atoms with van der Waals surface area (Å²) in [7, 11) is 0. The van der Waals surface area contributed by atoms with Crippen LogP contribution in [0.1, 0.15) is 55.8 Å². The largest absolute Gasteiger partial charge is 0.460 e. The minimum atomic E-state index is -0.361. The first-order valence-corrected chi connectivity index (χ1v) is 22.3. The fraction of sp³-hybridized carbons (Fsp3) is 0.829. The number of hydrogen-bond acceptors (Lipinski definition) is 15. The second-order valence-corrected chi connectivity index (χ2v) is 13.5. The Balaban J connectivity index is 1.66. The van der Waals surface area contributed by atoms with Crippen molar-refractivity contribution < 1.29 is 66.4 Å². The molecule has 57 heavy (non-hydrogen) atoms. The lowest BCUT2D eigenvalue weighted by molar-refractivity contribution is -0.0288. The van der Waals surface area contributed by atoms with E-state index in [4.69, 9.17) is 61.6 Å². The highest BCUT2D eigenvalue weighted by atomic mass is 127. The molecule has 334 valence electrons. The molecule has 1 aromatic rings. The van der Waals surface area contributed by atoms with Crippen LogP contribution in [-0.4, -0.2) is 182 Å². The van der Waals surface area contributed by atoms with Gasteiger partial charge in [-0.15, -0.1) is 0 Å². The van der Waals surface area contributed by atoms with Crippen molar-refractivity contribution in [1.82, 2.24) is 0 Å². The second kappa shape index (κ2) is 45.8. The third kappa shape index (κ3) is 39.9. The summed E-state index contributed by atoms with van der Waals surface area (Å²) in [6.07, 6.45) is 7.20. The number of alkyl halides is 1. The Kier molecular flexibility index (Phi) is 43.2. The molecule has 0 bridgehead atoms. The molecule has 0 radical (unpaired) electrons. The Morgan fingerprint density at radius 1 is 0.421 bits per heavy atom. The van der Waals surface area contributed by atoms with Crippen LogP contribution in [0, 0.1) is 0 Å². The first-order valence-electron chi connectivity index (χ1n) is 20.8. The smallest absolute Gasteiger partial charge is 0.338 e. The third-order valence-corrected chi connectivity index (χ3v) is 8.47. The molecule has 16 heteroatoms. The lowest BCUT2D eigenvalue weighted by Gasteiger charge is -2.09. The number of carbonyl (C=O) groups is 1. The third-order valence-electron chi connectivity index (χ3n) is 7.71. The Morgan fingerprint density at radius 3 is 1.07 bits per heavy atom. The molecule has 15 nitrogen and oxygen atoms in total. The molecule has 1 aromatic carbocycles. The predicted molar refractivity (Wildman–Crippen MR) is 227 cm³/mol. The maximum Gasteiger partial charge on any atom is 0.338 e. The van der Waals surface area contributed by atoms with E-state index in [2.05, 4.69) is 34.8 Å². The molecule has 0 aromatic heterocycles. The number of benzene rings is 1.